The van der Waals surface area contributed by atoms with Crippen molar-refractivity contribution in [2.75, 3.05) is 6.61 Å². The SMILES string of the molecule is CC(C)(CO)NCc1ccc(OCc2ccccc2)c(Br)c1.Cl. The number of aliphatic hydroxyl groups excluding tert-OH is 1. The summed E-state index contributed by atoms with van der Waals surface area (Å²) in [7, 11) is 0. The lowest BCUT2D eigenvalue weighted by molar-refractivity contribution is 0.187. The molecule has 23 heavy (non-hydrogen) atoms. The third-order valence-corrected chi connectivity index (χ3v) is 4.02. The molecule has 2 aromatic rings. The summed E-state index contributed by atoms with van der Waals surface area (Å²) < 4.78 is 6.77. The van der Waals surface area contributed by atoms with Gasteiger partial charge in [0, 0.05) is 12.1 Å². The monoisotopic (exact) mass is 399 g/mol. The Bertz CT molecular complexity index is 605. The molecule has 2 rings (SSSR count). The molecule has 0 heterocycles. The van der Waals surface area contributed by atoms with Crippen molar-refractivity contribution >= 4 is 28.3 Å². The summed E-state index contributed by atoms with van der Waals surface area (Å²) in [6, 6.07) is 16.1. The topological polar surface area (TPSA) is 41.5 Å². The van der Waals surface area contributed by atoms with Gasteiger partial charge in [0.15, 0.2) is 0 Å². The number of aliphatic hydroxyl groups is 1. The van der Waals surface area contributed by atoms with Gasteiger partial charge >= 0.3 is 0 Å². The molecular formula is C18H23BrClNO2. The van der Waals surface area contributed by atoms with Crippen molar-refractivity contribution in [3.63, 3.8) is 0 Å². The van der Waals surface area contributed by atoms with Gasteiger partial charge in [-0.25, -0.2) is 0 Å². The molecular weight excluding hydrogens is 378 g/mol. The van der Waals surface area contributed by atoms with Crippen molar-refractivity contribution in [2.24, 2.45) is 0 Å². The van der Waals surface area contributed by atoms with E-state index >= 15 is 0 Å². The highest BCUT2D eigenvalue weighted by Crippen LogP contribution is 2.27. The predicted molar refractivity (Wildman–Crippen MR) is 100 cm³/mol. The molecule has 0 aliphatic carbocycles. The maximum atomic E-state index is 9.26. The Hall–Kier alpha value is -1.07. The number of hydrogen-bond acceptors (Lipinski definition) is 3. The second kappa shape index (κ2) is 9.28. The largest absolute Gasteiger partial charge is 0.488 e. The van der Waals surface area contributed by atoms with E-state index in [1.165, 1.54) is 0 Å². The van der Waals surface area contributed by atoms with Crippen LogP contribution in [0.5, 0.6) is 5.75 Å². The Kier molecular flexibility index (Phi) is 8.06. The van der Waals surface area contributed by atoms with Gasteiger partial charge in [0.2, 0.25) is 0 Å². The summed E-state index contributed by atoms with van der Waals surface area (Å²) in [5, 5.41) is 12.6. The van der Waals surface area contributed by atoms with E-state index in [0.29, 0.717) is 13.2 Å². The highest BCUT2D eigenvalue weighted by atomic mass is 79.9. The van der Waals surface area contributed by atoms with E-state index in [2.05, 4.69) is 21.2 Å². The van der Waals surface area contributed by atoms with Crippen LogP contribution in [0.3, 0.4) is 0 Å². The van der Waals surface area contributed by atoms with Crippen LogP contribution in [0.25, 0.3) is 0 Å². The first kappa shape index (κ1) is 20.0. The summed E-state index contributed by atoms with van der Waals surface area (Å²) in [6.07, 6.45) is 0. The molecule has 0 fully saturated rings. The van der Waals surface area contributed by atoms with Gasteiger partial charge < -0.3 is 15.2 Å². The third-order valence-electron chi connectivity index (χ3n) is 3.40. The van der Waals surface area contributed by atoms with E-state index in [1.807, 2.05) is 62.4 Å². The van der Waals surface area contributed by atoms with Gasteiger partial charge in [-0.2, -0.15) is 0 Å². The highest BCUT2D eigenvalue weighted by Gasteiger charge is 2.15. The molecule has 2 aromatic carbocycles. The molecule has 0 bridgehead atoms. The molecule has 0 aliphatic rings. The standard InChI is InChI=1S/C18H22BrNO2.ClH/c1-18(2,13-21)20-11-15-8-9-17(16(19)10-15)22-12-14-6-4-3-5-7-14;/h3-10,20-21H,11-13H2,1-2H3;1H. The minimum atomic E-state index is -0.283. The van der Waals surface area contributed by atoms with Crippen LogP contribution in [0.4, 0.5) is 0 Å². The molecule has 0 unspecified atom stereocenters. The second-order valence-corrected chi connectivity index (χ2v) is 6.79. The average molecular weight is 401 g/mol. The fourth-order valence-electron chi connectivity index (χ4n) is 1.90. The Morgan fingerprint density at radius 2 is 1.78 bits per heavy atom. The van der Waals surface area contributed by atoms with Gasteiger partial charge in [0.05, 0.1) is 11.1 Å². The normalized spacial score (nSPS) is 11.0. The zero-order valence-corrected chi connectivity index (χ0v) is 15.8. The minimum Gasteiger partial charge on any atom is -0.488 e. The van der Waals surface area contributed by atoms with E-state index in [4.69, 9.17) is 4.74 Å². The van der Waals surface area contributed by atoms with Gasteiger partial charge in [-0.1, -0.05) is 36.4 Å². The van der Waals surface area contributed by atoms with Gasteiger partial charge in [-0.05, 0) is 53.0 Å². The van der Waals surface area contributed by atoms with Crippen molar-refractivity contribution in [2.45, 2.75) is 32.5 Å². The second-order valence-electron chi connectivity index (χ2n) is 5.93. The number of ether oxygens (including phenoxy) is 1. The molecule has 126 valence electrons. The number of rotatable bonds is 7. The minimum absolute atomic E-state index is 0. The third kappa shape index (κ3) is 6.51. The summed E-state index contributed by atoms with van der Waals surface area (Å²) in [5.41, 5.74) is 2.00. The lowest BCUT2D eigenvalue weighted by Gasteiger charge is -2.23. The van der Waals surface area contributed by atoms with Crippen molar-refractivity contribution in [3.8, 4) is 5.75 Å². The van der Waals surface area contributed by atoms with Crippen LogP contribution < -0.4 is 10.1 Å². The molecule has 0 spiro atoms. The van der Waals surface area contributed by atoms with Gasteiger partial charge in [0.25, 0.3) is 0 Å². The quantitative estimate of drug-likeness (QED) is 0.727. The van der Waals surface area contributed by atoms with E-state index in [9.17, 15) is 5.11 Å². The molecule has 0 saturated heterocycles. The summed E-state index contributed by atoms with van der Waals surface area (Å²) in [4.78, 5) is 0. The van der Waals surface area contributed by atoms with Gasteiger partial charge in [0.1, 0.15) is 12.4 Å². The molecule has 0 aromatic heterocycles. The first-order chi connectivity index (χ1) is 10.5. The van der Waals surface area contributed by atoms with Crippen LogP contribution in [0.1, 0.15) is 25.0 Å². The summed E-state index contributed by atoms with van der Waals surface area (Å²) in [6.45, 7) is 5.30. The van der Waals surface area contributed by atoms with E-state index in [-0.39, 0.29) is 24.6 Å². The first-order valence-electron chi connectivity index (χ1n) is 7.31. The van der Waals surface area contributed by atoms with Crippen LogP contribution in [0.2, 0.25) is 0 Å². The van der Waals surface area contributed by atoms with Crippen LogP contribution in [0, 0.1) is 0 Å². The summed E-state index contributed by atoms with van der Waals surface area (Å²) in [5.74, 6) is 0.828. The van der Waals surface area contributed by atoms with E-state index < -0.39 is 0 Å². The zero-order valence-electron chi connectivity index (χ0n) is 13.4. The zero-order chi connectivity index (χ0) is 16.0. The van der Waals surface area contributed by atoms with Crippen molar-refractivity contribution in [1.82, 2.24) is 5.32 Å². The number of hydrogen-bond donors (Lipinski definition) is 2. The number of nitrogens with one attached hydrogen (secondary N) is 1. The number of benzene rings is 2. The van der Waals surface area contributed by atoms with Crippen molar-refractivity contribution < 1.29 is 9.84 Å². The molecule has 3 nitrogen and oxygen atoms in total. The van der Waals surface area contributed by atoms with Crippen LogP contribution in [-0.2, 0) is 13.2 Å². The fourth-order valence-corrected chi connectivity index (χ4v) is 2.44. The first-order valence-corrected chi connectivity index (χ1v) is 8.10. The fraction of sp³-hybridized carbons (Fsp3) is 0.333. The summed E-state index contributed by atoms with van der Waals surface area (Å²) >= 11 is 3.56. The molecule has 5 heteroatoms. The number of halogens is 2. The van der Waals surface area contributed by atoms with Crippen LogP contribution in [-0.4, -0.2) is 17.3 Å². The molecule has 0 saturated carbocycles. The average Bonchev–Trinajstić information content (AvgIpc) is 2.53. The van der Waals surface area contributed by atoms with Gasteiger partial charge in [-0.3, -0.25) is 0 Å². The van der Waals surface area contributed by atoms with E-state index in [1.54, 1.807) is 0 Å². The Morgan fingerprint density at radius 1 is 1.09 bits per heavy atom. The molecule has 0 atom stereocenters. The van der Waals surface area contributed by atoms with Crippen molar-refractivity contribution in [1.29, 1.82) is 0 Å². The molecule has 0 radical (unpaired) electrons. The molecule has 0 aliphatic heterocycles. The Morgan fingerprint density at radius 3 is 2.39 bits per heavy atom. The van der Waals surface area contributed by atoms with E-state index in [0.717, 1.165) is 21.3 Å². The van der Waals surface area contributed by atoms with Gasteiger partial charge in [-0.15, -0.1) is 12.4 Å². The maximum Gasteiger partial charge on any atom is 0.134 e. The van der Waals surface area contributed by atoms with Crippen LogP contribution >= 0.6 is 28.3 Å². The smallest absolute Gasteiger partial charge is 0.134 e. The lowest BCUT2D eigenvalue weighted by Crippen LogP contribution is -2.42. The molecule has 2 N–H and O–H groups in total. The Labute approximate surface area is 152 Å². The lowest BCUT2D eigenvalue weighted by atomic mass is 10.1. The highest BCUT2D eigenvalue weighted by molar-refractivity contribution is 9.10. The molecule has 0 amide bonds. The predicted octanol–water partition coefficient (Wildman–Crippen LogP) is 4.31. The maximum absolute atomic E-state index is 9.26. The van der Waals surface area contributed by atoms with Crippen molar-refractivity contribution in [3.05, 3.63) is 64.1 Å². The Balaban J connectivity index is 0.00000264. The van der Waals surface area contributed by atoms with Crippen LogP contribution in [0.15, 0.2) is 53.0 Å².